The van der Waals surface area contributed by atoms with Gasteiger partial charge < -0.3 is 19.5 Å². The fourth-order valence-corrected chi connectivity index (χ4v) is 3.87. The van der Waals surface area contributed by atoms with Gasteiger partial charge in [0.05, 0.1) is 32.9 Å². The highest BCUT2D eigenvalue weighted by Gasteiger charge is 2.29. The molecular formula is C21H22N4O5. The van der Waals surface area contributed by atoms with Crippen LogP contribution < -0.4 is 20.1 Å². The lowest BCUT2D eigenvalue weighted by molar-refractivity contribution is 0.170. The van der Waals surface area contributed by atoms with Crippen molar-refractivity contribution in [2.75, 3.05) is 26.6 Å². The van der Waals surface area contributed by atoms with Gasteiger partial charge in [-0.25, -0.2) is 9.59 Å². The van der Waals surface area contributed by atoms with Gasteiger partial charge >= 0.3 is 12.1 Å². The second kappa shape index (κ2) is 7.94. The highest BCUT2D eigenvalue weighted by Crippen LogP contribution is 2.42. The number of rotatable bonds is 4. The van der Waals surface area contributed by atoms with Crippen LogP contribution >= 0.6 is 0 Å². The largest absolute Gasteiger partial charge is 0.493 e. The van der Waals surface area contributed by atoms with Crippen LogP contribution in [-0.4, -0.2) is 43.2 Å². The Morgan fingerprint density at radius 2 is 1.90 bits per heavy atom. The molecule has 0 saturated carbocycles. The molecule has 1 heterocycles. The van der Waals surface area contributed by atoms with Crippen molar-refractivity contribution >= 4 is 28.8 Å². The zero-order valence-corrected chi connectivity index (χ0v) is 16.9. The van der Waals surface area contributed by atoms with Crippen molar-refractivity contribution in [3.8, 4) is 11.5 Å². The van der Waals surface area contributed by atoms with Crippen molar-refractivity contribution in [1.29, 1.82) is 0 Å². The zero-order valence-electron chi connectivity index (χ0n) is 16.9. The molecule has 0 radical (unpaired) electrons. The molecule has 1 atom stereocenters. The Morgan fingerprint density at radius 3 is 2.63 bits per heavy atom. The first-order chi connectivity index (χ1) is 14.6. The van der Waals surface area contributed by atoms with E-state index in [1.807, 2.05) is 18.2 Å². The number of carbonyl (C=O) groups is 2. The van der Waals surface area contributed by atoms with Crippen molar-refractivity contribution < 1.29 is 23.8 Å². The molecule has 4 rings (SSSR count). The predicted molar refractivity (Wildman–Crippen MR) is 110 cm³/mol. The van der Waals surface area contributed by atoms with Gasteiger partial charge in [-0.05, 0) is 36.6 Å². The number of fused-ring (bicyclic) bond motifs is 2. The molecule has 2 N–H and O–H groups in total. The first kappa shape index (κ1) is 19.6. The minimum absolute atomic E-state index is 0.172. The van der Waals surface area contributed by atoms with E-state index in [2.05, 4.69) is 15.7 Å². The SMILES string of the molecule is COC(=O)n1nc(NC(=O)NC2CCc3c2ccc(OC)c3OC)c2ccccc21. The van der Waals surface area contributed by atoms with Crippen molar-refractivity contribution in [1.82, 2.24) is 15.1 Å². The number of amides is 2. The number of aromatic nitrogens is 2. The predicted octanol–water partition coefficient (Wildman–Crippen LogP) is 3.48. The number of ether oxygens (including phenoxy) is 3. The number of methoxy groups -OCH3 is 3. The quantitative estimate of drug-likeness (QED) is 0.683. The molecule has 1 aromatic heterocycles. The number of hydrogen-bond donors (Lipinski definition) is 2. The van der Waals surface area contributed by atoms with Crippen LogP contribution in [0.1, 0.15) is 23.6 Å². The molecule has 0 bridgehead atoms. The van der Waals surface area contributed by atoms with Gasteiger partial charge in [0.25, 0.3) is 0 Å². The summed E-state index contributed by atoms with van der Waals surface area (Å²) in [6, 6.07) is 10.3. The van der Waals surface area contributed by atoms with E-state index < -0.39 is 12.1 Å². The monoisotopic (exact) mass is 410 g/mol. The van der Waals surface area contributed by atoms with Crippen LogP contribution in [0, 0.1) is 0 Å². The van der Waals surface area contributed by atoms with Crippen molar-refractivity contribution in [2.24, 2.45) is 0 Å². The number of carbonyl (C=O) groups excluding carboxylic acids is 2. The van der Waals surface area contributed by atoms with Crippen molar-refractivity contribution in [2.45, 2.75) is 18.9 Å². The lowest BCUT2D eigenvalue weighted by Crippen LogP contribution is -2.31. The highest BCUT2D eigenvalue weighted by atomic mass is 16.5. The summed E-state index contributed by atoms with van der Waals surface area (Å²) in [4.78, 5) is 24.7. The fraction of sp³-hybridized carbons (Fsp3) is 0.286. The van der Waals surface area contributed by atoms with E-state index in [1.165, 1.54) is 7.11 Å². The fourth-order valence-electron chi connectivity index (χ4n) is 3.87. The Labute approximate surface area is 172 Å². The summed E-state index contributed by atoms with van der Waals surface area (Å²) in [5.74, 6) is 1.64. The Morgan fingerprint density at radius 1 is 1.10 bits per heavy atom. The molecule has 0 saturated heterocycles. The van der Waals surface area contributed by atoms with Crippen molar-refractivity contribution in [3.63, 3.8) is 0 Å². The molecule has 0 aliphatic heterocycles. The maximum atomic E-state index is 12.7. The van der Waals surface area contributed by atoms with Gasteiger partial charge in [0.2, 0.25) is 0 Å². The van der Waals surface area contributed by atoms with Crippen LogP contribution in [0.4, 0.5) is 15.4 Å². The van der Waals surface area contributed by atoms with Gasteiger partial charge in [-0.15, -0.1) is 5.10 Å². The lowest BCUT2D eigenvalue weighted by Gasteiger charge is -2.16. The standard InChI is InChI=1S/C21H22N4O5/c1-28-17-11-9-12-13(18(17)29-2)8-10-15(12)22-20(26)23-19-14-6-4-5-7-16(14)25(24-19)21(27)30-3/h4-7,9,11,15H,8,10H2,1-3H3,(H2,22,23,24,26). The second-order valence-corrected chi connectivity index (χ2v) is 6.81. The van der Waals surface area contributed by atoms with Gasteiger partial charge in [0, 0.05) is 10.9 Å². The van der Waals surface area contributed by atoms with E-state index in [0.717, 1.165) is 28.7 Å². The molecule has 0 spiro atoms. The van der Waals surface area contributed by atoms with E-state index in [9.17, 15) is 9.59 Å². The lowest BCUT2D eigenvalue weighted by atomic mass is 10.1. The van der Waals surface area contributed by atoms with Gasteiger partial charge in [0.15, 0.2) is 17.3 Å². The molecule has 9 heteroatoms. The third-order valence-corrected chi connectivity index (χ3v) is 5.22. The number of urea groups is 1. The highest BCUT2D eigenvalue weighted by molar-refractivity contribution is 6.01. The third kappa shape index (κ3) is 3.28. The molecule has 2 aromatic carbocycles. The number of nitrogens with one attached hydrogen (secondary N) is 2. The van der Waals surface area contributed by atoms with E-state index in [1.54, 1.807) is 32.4 Å². The Balaban J connectivity index is 1.56. The minimum atomic E-state index is -0.634. The topological polar surface area (TPSA) is 104 Å². The Kier molecular flexibility index (Phi) is 5.18. The molecule has 30 heavy (non-hydrogen) atoms. The summed E-state index contributed by atoms with van der Waals surface area (Å²) in [6.45, 7) is 0. The normalized spacial score (nSPS) is 14.8. The molecular weight excluding hydrogens is 388 g/mol. The van der Waals surface area contributed by atoms with Crippen LogP contribution in [0.25, 0.3) is 10.9 Å². The molecule has 9 nitrogen and oxygen atoms in total. The van der Waals surface area contributed by atoms with Gasteiger partial charge in [-0.3, -0.25) is 5.32 Å². The summed E-state index contributed by atoms with van der Waals surface area (Å²) in [5, 5.41) is 10.6. The van der Waals surface area contributed by atoms with E-state index in [0.29, 0.717) is 22.4 Å². The maximum absolute atomic E-state index is 12.7. The van der Waals surface area contributed by atoms with Gasteiger partial charge in [-0.2, -0.15) is 4.68 Å². The molecule has 2 amide bonds. The first-order valence-electron chi connectivity index (χ1n) is 9.44. The molecule has 1 unspecified atom stereocenters. The van der Waals surface area contributed by atoms with Gasteiger partial charge in [0.1, 0.15) is 0 Å². The minimum Gasteiger partial charge on any atom is -0.493 e. The van der Waals surface area contributed by atoms with Crippen LogP contribution in [0.2, 0.25) is 0 Å². The molecule has 1 aliphatic carbocycles. The van der Waals surface area contributed by atoms with Crippen LogP contribution in [-0.2, 0) is 11.2 Å². The average Bonchev–Trinajstić information content (AvgIpc) is 3.34. The number of nitrogens with zero attached hydrogens (tertiary/aromatic N) is 2. The Bertz CT molecular complexity index is 1120. The molecule has 156 valence electrons. The smallest absolute Gasteiger partial charge is 0.435 e. The maximum Gasteiger partial charge on any atom is 0.435 e. The van der Waals surface area contributed by atoms with Crippen molar-refractivity contribution in [3.05, 3.63) is 47.5 Å². The van der Waals surface area contributed by atoms with E-state index in [4.69, 9.17) is 14.2 Å². The molecule has 0 fully saturated rings. The van der Waals surface area contributed by atoms with E-state index in [-0.39, 0.29) is 11.9 Å². The van der Waals surface area contributed by atoms with Crippen LogP contribution in [0.3, 0.4) is 0 Å². The van der Waals surface area contributed by atoms with E-state index >= 15 is 0 Å². The zero-order chi connectivity index (χ0) is 21.3. The van der Waals surface area contributed by atoms with Crippen LogP contribution in [0.15, 0.2) is 36.4 Å². The third-order valence-electron chi connectivity index (χ3n) is 5.22. The summed E-state index contributed by atoms with van der Waals surface area (Å²) >= 11 is 0. The van der Waals surface area contributed by atoms with Crippen LogP contribution in [0.5, 0.6) is 11.5 Å². The summed E-state index contributed by atoms with van der Waals surface area (Å²) in [7, 11) is 4.48. The number of hydrogen-bond acceptors (Lipinski definition) is 6. The molecule has 1 aliphatic rings. The number of benzene rings is 2. The van der Waals surface area contributed by atoms with Gasteiger partial charge in [-0.1, -0.05) is 18.2 Å². The number of anilines is 1. The summed E-state index contributed by atoms with van der Waals surface area (Å²) in [5.41, 5.74) is 2.57. The average molecular weight is 410 g/mol. The Hall–Kier alpha value is -3.75. The first-order valence-corrected chi connectivity index (χ1v) is 9.44. The summed E-state index contributed by atoms with van der Waals surface area (Å²) in [6.07, 6.45) is 0.870. The summed E-state index contributed by atoms with van der Waals surface area (Å²) < 4.78 is 16.7. The molecule has 3 aromatic rings. The second-order valence-electron chi connectivity index (χ2n) is 6.81. The number of para-hydroxylation sites is 1.